The van der Waals surface area contributed by atoms with Crippen LogP contribution in [0.4, 0.5) is 4.39 Å². The number of hydrogen-bond donors (Lipinski definition) is 1. The second-order valence-corrected chi connectivity index (χ2v) is 11.2. The summed E-state index contributed by atoms with van der Waals surface area (Å²) in [6.45, 7) is 1.69. The maximum absolute atomic E-state index is 13.2. The number of halogens is 1. The number of carbonyl (C=O) groups is 1. The van der Waals surface area contributed by atoms with Gasteiger partial charge in [-0.1, -0.05) is 48.5 Å². The van der Waals surface area contributed by atoms with Gasteiger partial charge in [-0.05, 0) is 54.2 Å². The molecule has 0 saturated carbocycles. The van der Waals surface area contributed by atoms with Crippen molar-refractivity contribution in [2.75, 3.05) is 26.2 Å². The van der Waals surface area contributed by atoms with Crippen LogP contribution in [0.25, 0.3) is 5.57 Å². The van der Waals surface area contributed by atoms with E-state index in [4.69, 9.17) is 4.84 Å². The van der Waals surface area contributed by atoms with Gasteiger partial charge in [-0.15, -0.1) is 0 Å². The number of rotatable bonds is 5. The van der Waals surface area contributed by atoms with Gasteiger partial charge in [0.15, 0.2) is 0 Å². The highest BCUT2D eigenvalue weighted by atomic mass is 32.2. The predicted molar refractivity (Wildman–Crippen MR) is 130 cm³/mol. The van der Waals surface area contributed by atoms with Crippen LogP contribution in [0.1, 0.15) is 30.4 Å². The first kappa shape index (κ1) is 23.7. The van der Waals surface area contributed by atoms with E-state index < -0.39 is 15.6 Å². The fourth-order valence-electron chi connectivity index (χ4n) is 4.80. The van der Waals surface area contributed by atoms with Gasteiger partial charge in [0.05, 0.1) is 5.75 Å². The third-order valence-corrected chi connectivity index (χ3v) is 8.72. The van der Waals surface area contributed by atoms with Crippen LogP contribution in [0.2, 0.25) is 0 Å². The van der Waals surface area contributed by atoms with Crippen molar-refractivity contribution in [3.05, 3.63) is 89.4 Å². The SMILES string of the molecule is O=C(C1=CC2(CCN(S(=O)(=O)Cc3ccccc3)CC2)ON1)N1CC=C(c2ccc(F)cc2)CC1. The van der Waals surface area contributed by atoms with Crippen molar-refractivity contribution >= 4 is 21.5 Å². The molecule has 35 heavy (non-hydrogen) atoms. The highest BCUT2D eigenvalue weighted by molar-refractivity contribution is 7.88. The van der Waals surface area contributed by atoms with Crippen molar-refractivity contribution in [3.63, 3.8) is 0 Å². The average Bonchev–Trinajstić information content (AvgIpc) is 3.28. The minimum Gasteiger partial charge on any atom is -0.333 e. The molecule has 1 saturated heterocycles. The molecule has 0 atom stereocenters. The van der Waals surface area contributed by atoms with Crippen LogP contribution in [0.5, 0.6) is 0 Å². The molecule has 5 rings (SSSR count). The van der Waals surface area contributed by atoms with Gasteiger partial charge in [-0.2, -0.15) is 0 Å². The van der Waals surface area contributed by atoms with Crippen molar-refractivity contribution in [1.82, 2.24) is 14.7 Å². The summed E-state index contributed by atoms with van der Waals surface area (Å²) < 4.78 is 40.4. The molecular weight excluding hydrogens is 469 g/mol. The highest BCUT2D eigenvalue weighted by Gasteiger charge is 2.43. The largest absolute Gasteiger partial charge is 0.333 e. The number of carbonyl (C=O) groups excluding carboxylic acids is 1. The Kier molecular flexibility index (Phi) is 6.48. The van der Waals surface area contributed by atoms with Crippen molar-refractivity contribution < 1.29 is 22.4 Å². The first-order valence-electron chi connectivity index (χ1n) is 11.8. The molecule has 2 aromatic carbocycles. The molecular formula is C26H28FN3O4S. The lowest BCUT2D eigenvalue weighted by Gasteiger charge is -2.35. The Balaban J connectivity index is 1.19. The van der Waals surface area contributed by atoms with E-state index in [9.17, 15) is 17.6 Å². The normalized spacial score (nSPS) is 20.3. The lowest BCUT2D eigenvalue weighted by atomic mass is 9.92. The highest BCUT2D eigenvalue weighted by Crippen LogP contribution is 2.34. The standard InChI is InChI=1S/C26H28FN3O4S/c27-23-8-6-21(7-9-23)22-10-14-29(15-11-22)25(31)24-18-26(34-28-24)12-16-30(17-13-26)35(32,33)19-20-4-2-1-3-5-20/h1-10,18,28H,11-17,19H2. The molecule has 0 bridgehead atoms. The molecule has 1 amide bonds. The quantitative estimate of drug-likeness (QED) is 0.686. The molecule has 1 fully saturated rings. The number of sulfonamides is 1. The van der Waals surface area contributed by atoms with Crippen molar-refractivity contribution in [2.45, 2.75) is 30.6 Å². The van der Waals surface area contributed by atoms with Crippen molar-refractivity contribution in [1.29, 1.82) is 0 Å². The van der Waals surface area contributed by atoms with Crippen LogP contribution in [-0.2, 0) is 25.4 Å². The molecule has 3 heterocycles. The van der Waals surface area contributed by atoms with E-state index in [1.54, 1.807) is 17.0 Å². The fraction of sp³-hybridized carbons (Fsp3) is 0.346. The van der Waals surface area contributed by atoms with Crippen molar-refractivity contribution in [3.8, 4) is 0 Å². The Morgan fingerprint density at radius 2 is 1.74 bits per heavy atom. The molecule has 1 N–H and O–H groups in total. The molecule has 0 unspecified atom stereocenters. The second-order valence-electron chi connectivity index (χ2n) is 9.21. The Bertz CT molecular complexity index is 1250. The Labute approximate surface area is 204 Å². The smallest absolute Gasteiger partial charge is 0.272 e. The number of nitrogens with zero attached hydrogens (tertiary/aromatic N) is 2. The molecule has 0 aromatic heterocycles. The van der Waals surface area contributed by atoms with Crippen LogP contribution in [0.3, 0.4) is 0 Å². The topological polar surface area (TPSA) is 79.0 Å². The van der Waals surface area contributed by atoms with Gasteiger partial charge in [0.1, 0.15) is 17.1 Å². The zero-order chi connectivity index (χ0) is 24.5. The number of hydrogen-bond acceptors (Lipinski definition) is 5. The van der Waals surface area contributed by atoms with E-state index >= 15 is 0 Å². The third kappa shape index (κ3) is 5.17. The third-order valence-electron chi connectivity index (χ3n) is 6.87. The minimum atomic E-state index is -3.43. The van der Waals surface area contributed by atoms with E-state index in [2.05, 4.69) is 5.48 Å². The Morgan fingerprint density at radius 1 is 1.03 bits per heavy atom. The summed E-state index contributed by atoms with van der Waals surface area (Å²) in [5.41, 5.74) is 5.33. The zero-order valence-electron chi connectivity index (χ0n) is 19.3. The molecule has 9 heteroatoms. The van der Waals surface area contributed by atoms with Crippen LogP contribution < -0.4 is 5.48 Å². The summed E-state index contributed by atoms with van der Waals surface area (Å²) in [6.07, 6.45) is 5.44. The van der Waals surface area contributed by atoms with Gasteiger partial charge < -0.3 is 4.90 Å². The van der Waals surface area contributed by atoms with E-state index in [1.807, 2.05) is 42.5 Å². The average molecular weight is 498 g/mol. The molecule has 3 aliphatic rings. The molecule has 2 aromatic rings. The number of piperidine rings is 1. The van der Waals surface area contributed by atoms with Gasteiger partial charge in [0, 0.05) is 26.2 Å². The van der Waals surface area contributed by atoms with Crippen LogP contribution >= 0.6 is 0 Å². The molecule has 184 valence electrons. The second kappa shape index (κ2) is 9.56. The maximum atomic E-state index is 13.2. The molecule has 1 spiro atoms. The van der Waals surface area contributed by atoms with Crippen LogP contribution in [-0.4, -0.2) is 55.3 Å². The van der Waals surface area contributed by atoms with Crippen LogP contribution in [0, 0.1) is 5.82 Å². The van der Waals surface area contributed by atoms with E-state index in [-0.39, 0.29) is 17.5 Å². The van der Waals surface area contributed by atoms with Gasteiger partial charge in [-0.3, -0.25) is 15.1 Å². The minimum absolute atomic E-state index is 0.0259. The van der Waals surface area contributed by atoms with Gasteiger partial charge in [0.25, 0.3) is 5.91 Å². The fourth-order valence-corrected chi connectivity index (χ4v) is 6.33. The number of amides is 1. The summed E-state index contributed by atoms with van der Waals surface area (Å²) in [6, 6.07) is 15.5. The summed E-state index contributed by atoms with van der Waals surface area (Å²) in [7, 11) is -3.43. The van der Waals surface area contributed by atoms with Crippen molar-refractivity contribution in [2.24, 2.45) is 0 Å². The predicted octanol–water partition coefficient (Wildman–Crippen LogP) is 3.22. The van der Waals surface area contributed by atoms with Gasteiger partial charge >= 0.3 is 0 Å². The first-order valence-corrected chi connectivity index (χ1v) is 13.4. The molecule has 7 nitrogen and oxygen atoms in total. The zero-order valence-corrected chi connectivity index (χ0v) is 20.1. The first-order chi connectivity index (χ1) is 16.8. The van der Waals surface area contributed by atoms with E-state index in [1.165, 1.54) is 16.4 Å². The van der Waals surface area contributed by atoms with Gasteiger partial charge in [-0.25, -0.2) is 17.1 Å². The van der Waals surface area contributed by atoms with Gasteiger partial charge in [0.2, 0.25) is 10.0 Å². The monoisotopic (exact) mass is 497 g/mol. The number of nitrogens with one attached hydrogen (secondary N) is 1. The van der Waals surface area contributed by atoms with Crippen LogP contribution in [0.15, 0.2) is 72.4 Å². The van der Waals surface area contributed by atoms with E-state index in [0.29, 0.717) is 51.1 Å². The summed E-state index contributed by atoms with van der Waals surface area (Å²) in [5, 5.41) is 0. The summed E-state index contributed by atoms with van der Waals surface area (Å²) in [4.78, 5) is 20.6. The van der Waals surface area contributed by atoms with E-state index in [0.717, 1.165) is 16.7 Å². The maximum Gasteiger partial charge on any atom is 0.272 e. The number of hydroxylamine groups is 1. The lowest BCUT2D eigenvalue weighted by Crippen LogP contribution is -2.47. The molecule has 0 aliphatic carbocycles. The summed E-state index contributed by atoms with van der Waals surface area (Å²) >= 11 is 0. The lowest BCUT2D eigenvalue weighted by molar-refractivity contribution is -0.129. The summed E-state index contributed by atoms with van der Waals surface area (Å²) in [5.74, 6) is -0.438. The molecule has 3 aliphatic heterocycles. The Hall–Kier alpha value is -3.01. The molecule has 0 radical (unpaired) electrons. The number of benzene rings is 2. The Morgan fingerprint density at radius 3 is 2.40 bits per heavy atom.